The molecule has 1 aliphatic carbocycles. The van der Waals surface area contributed by atoms with Gasteiger partial charge in [-0.3, -0.25) is 9.69 Å². The van der Waals surface area contributed by atoms with E-state index in [1.807, 2.05) is 30.3 Å². The van der Waals surface area contributed by atoms with Gasteiger partial charge >= 0.3 is 0 Å². The van der Waals surface area contributed by atoms with Crippen LogP contribution in [-0.2, 0) is 20.7 Å². The van der Waals surface area contributed by atoms with Crippen LogP contribution in [0.1, 0.15) is 61.3 Å². The van der Waals surface area contributed by atoms with Crippen LogP contribution >= 0.6 is 23.4 Å². The minimum Gasteiger partial charge on any atom is -0.494 e. The molecule has 1 amide bonds. The topological polar surface area (TPSA) is 121 Å². The molecule has 0 bridgehead atoms. The lowest BCUT2D eigenvalue weighted by molar-refractivity contribution is -0.200. The molecule has 242 valence electrons. The van der Waals surface area contributed by atoms with Crippen molar-refractivity contribution in [2.24, 2.45) is 0 Å². The first-order chi connectivity index (χ1) is 21.3. The molecule has 2 aromatic rings. The lowest BCUT2D eigenvalue weighted by atomic mass is 9.88. The number of ether oxygens (including phenoxy) is 3. The third-order valence-electron chi connectivity index (χ3n) is 8.93. The third-order valence-corrected chi connectivity index (χ3v) is 10.1. The molecular formula is C33H45ClN2O7S. The number of aliphatic hydroxyl groups is 3. The Morgan fingerprint density at radius 2 is 1.80 bits per heavy atom. The molecule has 2 aliphatic heterocycles. The quantitative estimate of drug-likeness (QED) is 0.271. The number of nitrogens with one attached hydrogen (secondary N) is 1. The first kappa shape index (κ1) is 33.5. The Kier molecular flexibility index (Phi) is 12.2. The molecule has 1 saturated carbocycles. The van der Waals surface area contributed by atoms with E-state index in [9.17, 15) is 20.1 Å². The van der Waals surface area contributed by atoms with E-state index in [0.717, 1.165) is 62.4 Å². The zero-order valence-corrected chi connectivity index (χ0v) is 26.8. The average molecular weight is 649 g/mol. The zero-order valence-electron chi connectivity index (χ0n) is 25.3. The van der Waals surface area contributed by atoms with E-state index in [0.29, 0.717) is 42.5 Å². The van der Waals surface area contributed by atoms with Gasteiger partial charge in [-0.05, 0) is 66.8 Å². The van der Waals surface area contributed by atoms with Crippen molar-refractivity contribution in [1.82, 2.24) is 10.2 Å². The second kappa shape index (κ2) is 16.1. The summed E-state index contributed by atoms with van der Waals surface area (Å²) in [7, 11) is 0. The second-order valence-electron chi connectivity index (χ2n) is 11.9. The molecule has 3 fully saturated rings. The number of morpholine rings is 1. The van der Waals surface area contributed by atoms with Crippen molar-refractivity contribution >= 4 is 29.3 Å². The first-order valence-electron chi connectivity index (χ1n) is 15.7. The van der Waals surface area contributed by atoms with Gasteiger partial charge in [0.15, 0.2) is 0 Å². The minimum absolute atomic E-state index is 0.0917. The Bertz CT molecular complexity index is 1210. The van der Waals surface area contributed by atoms with Crippen molar-refractivity contribution < 1.29 is 34.3 Å². The average Bonchev–Trinajstić information content (AvgIpc) is 3.05. The fourth-order valence-corrected chi connectivity index (χ4v) is 7.33. The highest BCUT2D eigenvalue weighted by Gasteiger charge is 2.44. The number of aliphatic hydroxyl groups excluding tert-OH is 3. The lowest BCUT2D eigenvalue weighted by Crippen LogP contribution is -2.55. The van der Waals surface area contributed by atoms with Crippen molar-refractivity contribution in [3.05, 3.63) is 64.2 Å². The molecule has 11 heteroatoms. The standard InChI is InChI=1S/C33H45ClN2O7S/c1-44-33-31(40)29(38)30(39)32(43-33)22-10-13-25(34)23(20-22)19-21-8-11-24(12-9-21)42-16-4-7-28(37)35-26-5-2-3-6-27(26)36-14-17-41-18-15-36/h8-13,20,26-27,29-33,38-40H,2-7,14-19H2,1H3,(H,35,37)/t26?,27?,29-,30-,31+,32+,33-/m1/s1. The summed E-state index contributed by atoms with van der Waals surface area (Å²) in [5, 5.41) is 35.0. The number of rotatable bonds is 11. The predicted octanol–water partition coefficient (Wildman–Crippen LogP) is 3.69. The second-order valence-corrected chi connectivity index (χ2v) is 13.3. The molecule has 3 aliphatic rings. The van der Waals surface area contributed by atoms with E-state index < -0.39 is 29.9 Å². The smallest absolute Gasteiger partial charge is 0.220 e. The van der Waals surface area contributed by atoms with Crippen LogP contribution in [0.5, 0.6) is 5.75 Å². The van der Waals surface area contributed by atoms with Gasteiger partial charge in [0.05, 0.1) is 19.8 Å². The van der Waals surface area contributed by atoms with Gasteiger partial charge in [-0.1, -0.05) is 48.7 Å². The van der Waals surface area contributed by atoms with Gasteiger partial charge in [0.1, 0.15) is 35.6 Å². The Morgan fingerprint density at radius 1 is 1.05 bits per heavy atom. The van der Waals surface area contributed by atoms with Crippen LogP contribution in [0, 0.1) is 0 Å². The normalized spacial score (nSPS) is 29.7. The number of carbonyl (C=O) groups is 1. The summed E-state index contributed by atoms with van der Waals surface area (Å²) in [6, 6.07) is 13.8. The Balaban J connectivity index is 1.08. The molecule has 2 unspecified atom stereocenters. The molecule has 0 aromatic heterocycles. The lowest BCUT2D eigenvalue weighted by Gasteiger charge is -2.41. The SMILES string of the molecule is CS[C@H]1O[C@@H](c2ccc(Cl)c(Cc3ccc(OCCCC(=O)NC4CCCCC4N4CCOCC4)cc3)c2)[C@H](O)[C@@H](O)[C@@H]1O. The van der Waals surface area contributed by atoms with Crippen LogP contribution in [0.3, 0.4) is 0 Å². The Morgan fingerprint density at radius 3 is 2.55 bits per heavy atom. The summed E-state index contributed by atoms with van der Waals surface area (Å²) in [6.45, 7) is 3.89. The summed E-state index contributed by atoms with van der Waals surface area (Å²) in [5.74, 6) is 0.831. The van der Waals surface area contributed by atoms with Crippen molar-refractivity contribution in [2.75, 3.05) is 39.2 Å². The maximum atomic E-state index is 12.7. The minimum atomic E-state index is -1.31. The molecule has 0 radical (unpaired) electrons. The van der Waals surface area contributed by atoms with E-state index in [1.54, 1.807) is 18.4 Å². The van der Waals surface area contributed by atoms with Crippen LogP contribution in [0.15, 0.2) is 42.5 Å². The van der Waals surface area contributed by atoms with Crippen LogP contribution < -0.4 is 10.1 Å². The first-order valence-corrected chi connectivity index (χ1v) is 17.3. The van der Waals surface area contributed by atoms with Crippen molar-refractivity contribution in [1.29, 1.82) is 0 Å². The number of hydrogen-bond donors (Lipinski definition) is 4. The van der Waals surface area contributed by atoms with E-state index in [4.69, 9.17) is 25.8 Å². The number of hydrogen-bond acceptors (Lipinski definition) is 9. The number of nitrogens with zero attached hydrogens (tertiary/aromatic N) is 1. The molecule has 0 spiro atoms. The predicted molar refractivity (Wildman–Crippen MR) is 171 cm³/mol. The molecule has 2 aromatic carbocycles. The van der Waals surface area contributed by atoms with Crippen molar-refractivity contribution in [2.45, 2.75) is 86.9 Å². The van der Waals surface area contributed by atoms with E-state index in [2.05, 4.69) is 10.2 Å². The van der Waals surface area contributed by atoms with Gasteiger partial charge in [-0.15, -0.1) is 11.8 Å². The molecule has 44 heavy (non-hydrogen) atoms. The summed E-state index contributed by atoms with van der Waals surface area (Å²) in [4.78, 5) is 15.2. The largest absolute Gasteiger partial charge is 0.494 e. The number of halogens is 1. The van der Waals surface area contributed by atoms with Crippen LogP contribution in [-0.4, -0.2) is 101 Å². The van der Waals surface area contributed by atoms with E-state index in [1.165, 1.54) is 18.2 Å². The third kappa shape index (κ3) is 8.47. The van der Waals surface area contributed by atoms with Gasteiger partial charge in [-0.2, -0.15) is 0 Å². The van der Waals surface area contributed by atoms with Gasteiger partial charge in [0.2, 0.25) is 5.91 Å². The maximum Gasteiger partial charge on any atom is 0.220 e. The van der Waals surface area contributed by atoms with Gasteiger partial charge in [0, 0.05) is 36.6 Å². The fourth-order valence-electron chi connectivity index (χ4n) is 6.48. The Labute approximate surface area is 269 Å². The van der Waals surface area contributed by atoms with Gasteiger partial charge in [0.25, 0.3) is 0 Å². The summed E-state index contributed by atoms with van der Waals surface area (Å²) < 4.78 is 17.4. The van der Waals surface area contributed by atoms with Crippen LogP contribution in [0.4, 0.5) is 0 Å². The van der Waals surface area contributed by atoms with E-state index >= 15 is 0 Å². The molecule has 4 N–H and O–H groups in total. The number of amides is 1. The van der Waals surface area contributed by atoms with Crippen LogP contribution in [0.25, 0.3) is 0 Å². The molecule has 2 heterocycles. The monoisotopic (exact) mass is 648 g/mol. The molecule has 9 nitrogen and oxygen atoms in total. The summed E-state index contributed by atoms with van der Waals surface area (Å²) >= 11 is 7.80. The summed E-state index contributed by atoms with van der Waals surface area (Å²) in [6.07, 6.45) is 3.44. The molecule has 7 atom stereocenters. The van der Waals surface area contributed by atoms with Crippen molar-refractivity contribution in [3.63, 3.8) is 0 Å². The van der Waals surface area contributed by atoms with Gasteiger partial charge < -0.3 is 34.8 Å². The number of thioether (sulfide) groups is 1. The highest BCUT2D eigenvalue weighted by Crippen LogP contribution is 2.37. The Hall–Kier alpha value is -1.89. The van der Waals surface area contributed by atoms with E-state index in [-0.39, 0.29) is 11.9 Å². The van der Waals surface area contributed by atoms with Crippen LogP contribution in [0.2, 0.25) is 5.02 Å². The fraction of sp³-hybridized carbons (Fsp3) is 0.606. The molecule has 5 rings (SSSR count). The van der Waals surface area contributed by atoms with Crippen molar-refractivity contribution in [3.8, 4) is 5.75 Å². The summed E-state index contributed by atoms with van der Waals surface area (Å²) in [5.41, 5.74) is 1.92. The number of benzene rings is 2. The zero-order chi connectivity index (χ0) is 31.1. The highest BCUT2D eigenvalue weighted by atomic mass is 35.5. The highest BCUT2D eigenvalue weighted by molar-refractivity contribution is 7.99. The molecule has 2 saturated heterocycles. The van der Waals surface area contributed by atoms with Gasteiger partial charge in [-0.25, -0.2) is 0 Å². The molecular weight excluding hydrogens is 604 g/mol. The maximum absolute atomic E-state index is 12.7. The number of carbonyl (C=O) groups excluding carboxylic acids is 1.